The average Bonchev–Trinajstić information content (AvgIpc) is 2.27. The summed E-state index contributed by atoms with van der Waals surface area (Å²) in [4.78, 5) is 0. The van der Waals surface area contributed by atoms with Crippen molar-refractivity contribution >= 4 is 29.3 Å². The van der Waals surface area contributed by atoms with E-state index in [1.807, 2.05) is 41.2 Å². The van der Waals surface area contributed by atoms with Gasteiger partial charge in [0.2, 0.25) is 0 Å². The van der Waals surface area contributed by atoms with Crippen LogP contribution in [0.4, 0.5) is 0 Å². The van der Waals surface area contributed by atoms with Crippen molar-refractivity contribution in [2.45, 2.75) is 6.54 Å². The molecule has 17 heavy (non-hydrogen) atoms. The summed E-state index contributed by atoms with van der Waals surface area (Å²) < 4.78 is 1.97. The standard InChI is InChI=1S/C13H12Cl2N2/c1-2-3-5-10-8-16-17(10)9-11-12(14)6-4-7-13(11)15/h2-8,16H,1,9H2/b5-3-. The number of benzene rings is 1. The van der Waals surface area contributed by atoms with Crippen LogP contribution in [0.15, 0.2) is 43.1 Å². The van der Waals surface area contributed by atoms with E-state index in [0.29, 0.717) is 16.6 Å². The van der Waals surface area contributed by atoms with Crippen LogP contribution in [-0.4, -0.2) is 9.78 Å². The number of nitrogens with one attached hydrogen (secondary N) is 1. The summed E-state index contributed by atoms with van der Waals surface area (Å²) in [6.45, 7) is 4.26. The maximum Gasteiger partial charge on any atom is 0.0751 e. The lowest BCUT2D eigenvalue weighted by Crippen LogP contribution is -2.13. The number of aromatic nitrogens is 2. The van der Waals surface area contributed by atoms with Gasteiger partial charge in [-0.2, -0.15) is 0 Å². The maximum atomic E-state index is 6.11. The first-order valence-corrected chi connectivity index (χ1v) is 5.94. The fourth-order valence-electron chi connectivity index (χ4n) is 1.51. The minimum absolute atomic E-state index is 0.631. The van der Waals surface area contributed by atoms with Gasteiger partial charge in [-0.3, -0.25) is 4.68 Å². The van der Waals surface area contributed by atoms with Crippen LogP contribution in [0.3, 0.4) is 0 Å². The summed E-state index contributed by atoms with van der Waals surface area (Å²) in [5, 5.41) is 4.43. The molecule has 2 aromatic rings. The summed E-state index contributed by atoms with van der Waals surface area (Å²) >= 11 is 12.2. The van der Waals surface area contributed by atoms with Crippen molar-refractivity contribution in [1.29, 1.82) is 0 Å². The van der Waals surface area contributed by atoms with E-state index in [2.05, 4.69) is 11.7 Å². The van der Waals surface area contributed by atoms with Crippen molar-refractivity contribution in [2.24, 2.45) is 0 Å². The first kappa shape index (κ1) is 12.1. The zero-order chi connectivity index (χ0) is 12.3. The van der Waals surface area contributed by atoms with E-state index in [1.54, 1.807) is 6.08 Å². The monoisotopic (exact) mass is 266 g/mol. The molecule has 1 aromatic heterocycles. The molecule has 88 valence electrons. The normalized spacial score (nSPS) is 11.2. The van der Waals surface area contributed by atoms with E-state index in [0.717, 1.165) is 11.3 Å². The van der Waals surface area contributed by atoms with Gasteiger partial charge in [-0.1, -0.05) is 48.0 Å². The molecule has 1 N–H and O–H groups in total. The molecule has 0 radical (unpaired) electrons. The topological polar surface area (TPSA) is 20.7 Å². The number of nitrogens with zero attached hydrogens (tertiary/aromatic N) is 1. The molecule has 1 heterocycles. The van der Waals surface area contributed by atoms with Gasteiger partial charge in [0.25, 0.3) is 0 Å². The molecular weight excluding hydrogens is 255 g/mol. The van der Waals surface area contributed by atoms with Crippen LogP contribution in [0, 0.1) is 0 Å². The van der Waals surface area contributed by atoms with Crippen molar-refractivity contribution in [2.75, 3.05) is 0 Å². The van der Waals surface area contributed by atoms with Gasteiger partial charge in [-0.05, 0) is 18.2 Å². The Labute approximate surface area is 110 Å². The Bertz CT molecular complexity index is 529. The van der Waals surface area contributed by atoms with Gasteiger partial charge in [0.05, 0.1) is 12.2 Å². The quantitative estimate of drug-likeness (QED) is 0.794. The molecule has 0 saturated heterocycles. The summed E-state index contributed by atoms with van der Waals surface area (Å²) in [5.74, 6) is 0. The Balaban J connectivity index is 2.22. The van der Waals surface area contributed by atoms with Gasteiger partial charge >= 0.3 is 0 Å². The molecule has 0 aliphatic heterocycles. The minimum atomic E-state index is 0.631. The fourth-order valence-corrected chi connectivity index (χ4v) is 2.03. The number of H-pyrrole nitrogens is 1. The summed E-state index contributed by atoms with van der Waals surface area (Å²) in [6, 6.07) is 5.52. The molecule has 0 aliphatic rings. The molecule has 0 atom stereocenters. The lowest BCUT2D eigenvalue weighted by Gasteiger charge is -2.16. The Kier molecular flexibility index (Phi) is 3.77. The molecule has 1 aromatic carbocycles. The minimum Gasteiger partial charge on any atom is -0.303 e. The van der Waals surface area contributed by atoms with Gasteiger partial charge in [0, 0.05) is 21.8 Å². The number of hydrogen-bond donors (Lipinski definition) is 1. The second kappa shape index (κ2) is 5.30. The Morgan fingerprint density at radius 3 is 2.53 bits per heavy atom. The average molecular weight is 267 g/mol. The Hall–Kier alpha value is -1.38. The second-order valence-electron chi connectivity index (χ2n) is 3.58. The van der Waals surface area contributed by atoms with Crippen molar-refractivity contribution in [1.82, 2.24) is 9.78 Å². The van der Waals surface area contributed by atoms with E-state index in [1.165, 1.54) is 0 Å². The molecule has 2 nitrogen and oxygen atoms in total. The lowest BCUT2D eigenvalue weighted by molar-refractivity contribution is 0.616. The van der Waals surface area contributed by atoms with Crippen LogP contribution < -0.4 is 0 Å². The van der Waals surface area contributed by atoms with Crippen molar-refractivity contribution in [3.63, 3.8) is 0 Å². The highest BCUT2D eigenvalue weighted by Crippen LogP contribution is 2.25. The summed E-state index contributed by atoms with van der Waals surface area (Å²) in [5.41, 5.74) is 1.99. The van der Waals surface area contributed by atoms with E-state index < -0.39 is 0 Å². The summed E-state index contributed by atoms with van der Waals surface area (Å²) in [7, 11) is 0. The predicted octanol–water partition coefficient (Wildman–Crippen LogP) is 4.37. The van der Waals surface area contributed by atoms with E-state index in [9.17, 15) is 0 Å². The van der Waals surface area contributed by atoms with Crippen LogP contribution in [-0.2, 0) is 6.54 Å². The maximum absolute atomic E-state index is 6.11. The zero-order valence-corrected chi connectivity index (χ0v) is 10.7. The Morgan fingerprint density at radius 1 is 1.29 bits per heavy atom. The first-order valence-electron chi connectivity index (χ1n) is 5.18. The molecule has 2 rings (SSSR count). The molecule has 0 bridgehead atoms. The molecule has 0 aliphatic carbocycles. The number of aromatic amines is 1. The number of hydrogen-bond acceptors (Lipinski definition) is 0. The molecule has 0 unspecified atom stereocenters. The molecule has 0 fully saturated rings. The highest BCUT2D eigenvalue weighted by atomic mass is 35.5. The Morgan fingerprint density at radius 2 is 2.00 bits per heavy atom. The molecule has 0 spiro atoms. The lowest BCUT2D eigenvalue weighted by atomic mass is 10.2. The van der Waals surface area contributed by atoms with Crippen molar-refractivity contribution < 1.29 is 0 Å². The third-order valence-corrected chi connectivity index (χ3v) is 3.17. The molecular formula is C13H12Cl2N2. The number of allylic oxidation sites excluding steroid dienone is 2. The predicted molar refractivity (Wildman–Crippen MR) is 73.6 cm³/mol. The van der Waals surface area contributed by atoms with Gasteiger partial charge in [-0.25, -0.2) is 0 Å². The third kappa shape index (κ3) is 2.65. The van der Waals surface area contributed by atoms with Crippen LogP contribution >= 0.6 is 23.2 Å². The number of rotatable bonds is 4. The fraction of sp³-hybridized carbons (Fsp3) is 0.0769. The van der Waals surface area contributed by atoms with Gasteiger partial charge in [-0.15, -0.1) is 0 Å². The number of halogens is 2. The van der Waals surface area contributed by atoms with Crippen LogP contribution in [0.1, 0.15) is 11.3 Å². The SMILES string of the molecule is C=C/C=C\c1c[nH]n1Cc1c(Cl)cccc1Cl. The van der Waals surface area contributed by atoms with Gasteiger partial charge < -0.3 is 5.10 Å². The van der Waals surface area contributed by atoms with Crippen molar-refractivity contribution in [3.05, 3.63) is 64.4 Å². The first-order chi connectivity index (χ1) is 8.22. The van der Waals surface area contributed by atoms with E-state index >= 15 is 0 Å². The largest absolute Gasteiger partial charge is 0.303 e. The highest BCUT2D eigenvalue weighted by Gasteiger charge is 2.08. The van der Waals surface area contributed by atoms with Crippen LogP contribution in [0.25, 0.3) is 6.08 Å². The second-order valence-corrected chi connectivity index (χ2v) is 4.39. The van der Waals surface area contributed by atoms with E-state index in [4.69, 9.17) is 23.2 Å². The van der Waals surface area contributed by atoms with Crippen molar-refractivity contribution in [3.8, 4) is 0 Å². The van der Waals surface area contributed by atoms with E-state index in [-0.39, 0.29) is 0 Å². The van der Waals surface area contributed by atoms with Crippen LogP contribution in [0.2, 0.25) is 10.0 Å². The molecule has 0 amide bonds. The van der Waals surface area contributed by atoms with Gasteiger partial charge in [0.1, 0.15) is 0 Å². The molecule has 0 saturated carbocycles. The summed E-state index contributed by atoms with van der Waals surface area (Å²) in [6.07, 6.45) is 7.49. The van der Waals surface area contributed by atoms with Crippen LogP contribution in [0.5, 0.6) is 0 Å². The van der Waals surface area contributed by atoms with Gasteiger partial charge in [0.15, 0.2) is 0 Å². The smallest absolute Gasteiger partial charge is 0.0751 e. The molecule has 4 heteroatoms. The highest BCUT2D eigenvalue weighted by molar-refractivity contribution is 6.35. The third-order valence-electron chi connectivity index (χ3n) is 2.46. The zero-order valence-electron chi connectivity index (χ0n) is 9.16.